The Bertz CT molecular complexity index is 3520. The number of nitrogens with zero attached hydrogens (tertiary/aromatic N) is 2. The quantitative estimate of drug-likeness (QED) is 0.170. The normalized spacial score (nSPS) is 11.8. The molecule has 272 valence electrons. The third-order valence-corrected chi connectivity index (χ3v) is 11.6. The molecule has 0 aliphatic carbocycles. The molecule has 0 saturated heterocycles. The monoisotopic (exact) mass is 742 g/mol. The first-order valence-corrected chi connectivity index (χ1v) is 19.7. The molecule has 9 aromatic carbocycles. The molecule has 4 heteroatoms. The van der Waals surface area contributed by atoms with Crippen molar-refractivity contribution in [1.29, 1.82) is 0 Å². The van der Waals surface area contributed by atoms with Crippen molar-refractivity contribution in [2.45, 2.75) is 0 Å². The molecule has 0 aliphatic heterocycles. The molecule has 12 rings (SSSR count). The average molecular weight is 743 g/mol. The zero-order chi connectivity index (χ0) is 38.2. The molecule has 0 atom stereocenters. The smallest absolute Gasteiger partial charge is 0.159 e. The zero-order valence-corrected chi connectivity index (χ0v) is 31.3. The van der Waals surface area contributed by atoms with Crippen LogP contribution in [0.15, 0.2) is 215 Å². The first-order chi connectivity index (χ1) is 28.8. The fourth-order valence-electron chi connectivity index (χ4n) is 8.99. The summed E-state index contributed by atoms with van der Waals surface area (Å²) in [4.78, 5) is 2.38. The van der Waals surface area contributed by atoms with Gasteiger partial charge in [-0.25, -0.2) is 0 Å². The molecule has 12 aromatic rings. The van der Waals surface area contributed by atoms with Crippen molar-refractivity contribution >= 4 is 82.7 Å². The summed E-state index contributed by atoms with van der Waals surface area (Å²) < 4.78 is 15.7. The van der Waals surface area contributed by atoms with Crippen LogP contribution in [-0.4, -0.2) is 4.57 Å². The van der Waals surface area contributed by atoms with E-state index in [2.05, 4.69) is 198 Å². The molecule has 0 radical (unpaired) electrons. The molecule has 0 unspecified atom stereocenters. The topological polar surface area (TPSA) is 34.5 Å². The van der Waals surface area contributed by atoms with Gasteiger partial charge in [0.05, 0.1) is 22.4 Å². The summed E-state index contributed by atoms with van der Waals surface area (Å²) in [5.74, 6) is 0. The van der Waals surface area contributed by atoms with E-state index < -0.39 is 0 Å². The lowest BCUT2D eigenvalue weighted by Crippen LogP contribution is -2.12. The van der Waals surface area contributed by atoms with E-state index in [-0.39, 0.29) is 0 Å². The van der Waals surface area contributed by atoms with Crippen LogP contribution in [0.4, 0.5) is 17.1 Å². The highest BCUT2D eigenvalue weighted by Gasteiger charge is 2.24. The van der Waals surface area contributed by atoms with E-state index in [1.165, 1.54) is 16.3 Å². The van der Waals surface area contributed by atoms with Crippen molar-refractivity contribution in [3.63, 3.8) is 0 Å². The van der Waals surface area contributed by atoms with Crippen molar-refractivity contribution in [3.05, 3.63) is 206 Å². The fraction of sp³-hybridized carbons (Fsp3) is 0. The van der Waals surface area contributed by atoms with E-state index in [4.69, 9.17) is 8.83 Å². The highest BCUT2D eigenvalue weighted by molar-refractivity contribution is 6.14. The summed E-state index contributed by atoms with van der Waals surface area (Å²) in [5.41, 5.74) is 14.2. The Kier molecular flexibility index (Phi) is 7.20. The van der Waals surface area contributed by atoms with Crippen LogP contribution in [-0.2, 0) is 0 Å². The Morgan fingerprint density at radius 1 is 0.345 bits per heavy atom. The van der Waals surface area contributed by atoms with Gasteiger partial charge < -0.3 is 18.3 Å². The second-order valence-electron chi connectivity index (χ2n) is 14.9. The molecule has 3 aromatic heterocycles. The Labute approximate surface area is 334 Å². The summed E-state index contributed by atoms with van der Waals surface area (Å²) >= 11 is 0. The maximum Gasteiger partial charge on any atom is 0.159 e. The number of benzene rings is 9. The van der Waals surface area contributed by atoms with Crippen LogP contribution in [0.3, 0.4) is 0 Å². The van der Waals surface area contributed by atoms with E-state index in [0.29, 0.717) is 0 Å². The number of aromatic nitrogens is 1. The predicted octanol–water partition coefficient (Wildman–Crippen LogP) is 15.4. The molecule has 4 nitrogen and oxygen atoms in total. The van der Waals surface area contributed by atoms with Gasteiger partial charge in [-0.15, -0.1) is 0 Å². The molecule has 0 aliphatic rings. The van der Waals surface area contributed by atoms with E-state index in [1.54, 1.807) is 0 Å². The number of hydrogen-bond donors (Lipinski definition) is 0. The SMILES string of the molecule is c1ccc(-c2cc(-c3cccc4c3oc3ccccc34)ccc2N(c2ccc3c4ccccc4n(-c4ccccc4)c3c2)c2cccc3c2oc2ccccc23)cc1. The van der Waals surface area contributed by atoms with Crippen LogP contribution in [0, 0.1) is 0 Å². The predicted molar refractivity (Wildman–Crippen MR) is 241 cm³/mol. The van der Waals surface area contributed by atoms with Crippen LogP contribution >= 0.6 is 0 Å². The highest BCUT2D eigenvalue weighted by atomic mass is 16.3. The largest absolute Gasteiger partial charge is 0.455 e. The summed E-state index contributed by atoms with van der Waals surface area (Å²) in [6.45, 7) is 0. The molecule has 3 heterocycles. The number of rotatable bonds is 6. The first kappa shape index (κ1) is 32.4. The highest BCUT2D eigenvalue weighted by Crippen LogP contribution is 2.48. The van der Waals surface area contributed by atoms with Crippen LogP contribution in [0.25, 0.3) is 93.6 Å². The Morgan fingerprint density at radius 3 is 1.72 bits per heavy atom. The third-order valence-electron chi connectivity index (χ3n) is 11.6. The summed E-state index contributed by atoms with van der Waals surface area (Å²) in [7, 11) is 0. The van der Waals surface area contributed by atoms with Gasteiger partial charge >= 0.3 is 0 Å². The van der Waals surface area contributed by atoms with E-state index in [0.717, 1.165) is 94.4 Å². The van der Waals surface area contributed by atoms with Gasteiger partial charge in [0.1, 0.15) is 16.7 Å². The fourth-order valence-corrected chi connectivity index (χ4v) is 8.99. The van der Waals surface area contributed by atoms with E-state index >= 15 is 0 Å². The number of fused-ring (bicyclic) bond motifs is 9. The summed E-state index contributed by atoms with van der Waals surface area (Å²) in [5, 5.41) is 6.81. The van der Waals surface area contributed by atoms with Crippen molar-refractivity contribution in [1.82, 2.24) is 4.57 Å². The molecule has 58 heavy (non-hydrogen) atoms. The number of hydrogen-bond acceptors (Lipinski definition) is 3. The minimum absolute atomic E-state index is 0.836. The minimum Gasteiger partial charge on any atom is -0.455 e. The molecule has 0 amide bonds. The van der Waals surface area contributed by atoms with Gasteiger partial charge in [-0.05, 0) is 71.8 Å². The minimum atomic E-state index is 0.836. The Morgan fingerprint density at radius 2 is 0.948 bits per heavy atom. The van der Waals surface area contributed by atoms with Gasteiger partial charge in [-0.2, -0.15) is 0 Å². The van der Waals surface area contributed by atoms with Gasteiger partial charge in [0.2, 0.25) is 0 Å². The lowest BCUT2D eigenvalue weighted by atomic mass is 9.95. The average Bonchev–Trinajstić information content (AvgIpc) is 3.97. The molecule has 0 saturated carbocycles. The second kappa shape index (κ2) is 12.9. The molecular weight excluding hydrogens is 709 g/mol. The Balaban J connectivity index is 1.16. The third kappa shape index (κ3) is 4.95. The number of anilines is 3. The van der Waals surface area contributed by atoms with Crippen LogP contribution < -0.4 is 4.90 Å². The van der Waals surface area contributed by atoms with Crippen LogP contribution in [0.2, 0.25) is 0 Å². The van der Waals surface area contributed by atoms with Gasteiger partial charge in [0, 0.05) is 54.8 Å². The zero-order valence-electron chi connectivity index (χ0n) is 31.3. The molecule has 0 N–H and O–H groups in total. The molecule has 0 fully saturated rings. The number of para-hydroxylation sites is 6. The van der Waals surface area contributed by atoms with Crippen LogP contribution in [0.1, 0.15) is 0 Å². The molecule has 0 bridgehead atoms. The Hall–Kier alpha value is -7.82. The first-order valence-electron chi connectivity index (χ1n) is 19.7. The second-order valence-corrected chi connectivity index (χ2v) is 14.9. The van der Waals surface area contributed by atoms with Crippen molar-refractivity contribution in [2.24, 2.45) is 0 Å². The van der Waals surface area contributed by atoms with E-state index in [9.17, 15) is 0 Å². The van der Waals surface area contributed by atoms with Gasteiger partial charge in [-0.3, -0.25) is 0 Å². The van der Waals surface area contributed by atoms with Gasteiger partial charge in [0.25, 0.3) is 0 Å². The maximum atomic E-state index is 6.79. The molecular formula is C54H34N2O2. The summed E-state index contributed by atoms with van der Waals surface area (Å²) in [6.07, 6.45) is 0. The van der Waals surface area contributed by atoms with E-state index in [1.807, 2.05) is 18.2 Å². The van der Waals surface area contributed by atoms with Gasteiger partial charge in [-0.1, -0.05) is 146 Å². The number of furan rings is 2. The summed E-state index contributed by atoms with van der Waals surface area (Å²) in [6, 6.07) is 73.2. The lowest BCUT2D eigenvalue weighted by molar-refractivity contribution is 0.669. The van der Waals surface area contributed by atoms with Crippen LogP contribution in [0.5, 0.6) is 0 Å². The van der Waals surface area contributed by atoms with Crippen molar-refractivity contribution in [3.8, 4) is 27.9 Å². The van der Waals surface area contributed by atoms with Crippen molar-refractivity contribution < 1.29 is 8.83 Å². The maximum absolute atomic E-state index is 6.79. The lowest BCUT2D eigenvalue weighted by Gasteiger charge is -2.28. The van der Waals surface area contributed by atoms with Gasteiger partial charge in [0.15, 0.2) is 5.58 Å². The molecule has 0 spiro atoms. The standard InChI is InChI=1S/C54H34N2O2/c1-3-15-35(16-4-1)46-33-36(39-22-13-23-44-42-20-8-11-27-51(42)57-53(39)44)29-32-48(46)56(49-26-14-24-45-43-21-9-12-28-52(43)58-54(45)49)38-30-31-41-40-19-7-10-25-47(40)55(50(41)34-38)37-17-5-2-6-18-37/h1-34H. The van der Waals surface area contributed by atoms with Crippen molar-refractivity contribution in [2.75, 3.05) is 4.90 Å².